The molecule has 0 fully saturated rings. The van der Waals surface area contributed by atoms with Crippen molar-refractivity contribution in [3.63, 3.8) is 0 Å². The molecule has 11 heteroatoms. The minimum atomic E-state index is -1.28. The number of thiophene rings is 1. The van der Waals surface area contributed by atoms with Gasteiger partial charge in [-0.15, -0.1) is 11.3 Å². The maximum atomic E-state index is 12.5. The highest BCUT2D eigenvalue weighted by Gasteiger charge is 2.30. The summed E-state index contributed by atoms with van der Waals surface area (Å²) >= 11 is 1.28. The predicted molar refractivity (Wildman–Crippen MR) is 118 cm³/mol. The second-order valence-electron chi connectivity index (χ2n) is 7.89. The van der Waals surface area contributed by atoms with Gasteiger partial charge in [0.1, 0.15) is 6.04 Å². The topological polar surface area (TPSA) is 175 Å². The van der Waals surface area contributed by atoms with E-state index in [1.54, 1.807) is 6.07 Å². The molecule has 2 aromatic heterocycles. The average molecular weight is 463 g/mol. The maximum Gasteiger partial charge on any atom is 0.326 e. The van der Waals surface area contributed by atoms with E-state index in [2.05, 4.69) is 15.3 Å². The van der Waals surface area contributed by atoms with Gasteiger partial charge in [-0.3, -0.25) is 19.4 Å². The second-order valence-corrected chi connectivity index (χ2v) is 9.00. The Morgan fingerprint density at radius 1 is 1.34 bits per heavy atom. The number of fused-ring (bicyclic) bond motifs is 1. The van der Waals surface area contributed by atoms with Gasteiger partial charge in [0.15, 0.2) is 0 Å². The number of carbonyl (C=O) groups excluding carboxylic acids is 1. The van der Waals surface area contributed by atoms with Gasteiger partial charge in [-0.2, -0.15) is 0 Å². The predicted octanol–water partition coefficient (Wildman–Crippen LogP) is 2.08. The number of aromatic amines is 1. The summed E-state index contributed by atoms with van der Waals surface area (Å²) in [4.78, 5) is 55.1. The quantitative estimate of drug-likeness (QED) is 0.356. The van der Waals surface area contributed by atoms with Gasteiger partial charge >= 0.3 is 11.9 Å². The SMILES string of the molecule is CCC(CC1CCc2nc(N)[nH]c(=O)c21)c1ccc(C(=O)N[C@@H](CCC(=O)O)C(=O)O)s1. The third-order valence-corrected chi connectivity index (χ3v) is 7.00. The Morgan fingerprint density at radius 3 is 2.75 bits per heavy atom. The Hall–Kier alpha value is -3.21. The largest absolute Gasteiger partial charge is 0.481 e. The van der Waals surface area contributed by atoms with Gasteiger partial charge in [0, 0.05) is 16.9 Å². The molecule has 172 valence electrons. The molecule has 1 aliphatic rings. The lowest BCUT2D eigenvalue weighted by Gasteiger charge is -2.18. The van der Waals surface area contributed by atoms with E-state index in [1.807, 2.05) is 13.0 Å². The summed E-state index contributed by atoms with van der Waals surface area (Å²) in [5, 5.41) is 20.4. The maximum absolute atomic E-state index is 12.5. The summed E-state index contributed by atoms with van der Waals surface area (Å²) in [5.74, 6) is -2.65. The fraction of sp³-hybridized carbons (Fsp3) is 0.476. The number of nitrogen functional groups attached to an aromatic ring is 1. The molecular weight excluding hydrogens is 436 g/mol. The molecule has 1 aliphatic carbocycles. The fourth-order valence-corrected chi connectivity index (χ4v) is 5.23. The van der Waals surface area contributed by atoms with Crippen LogP contribution in [-0.2, 0) is 16.0 Å². The van der Waals surface area contributed by atoms with Gasteiger partial charge in [-0.05, 0) is 56.1 Å². The van der Waals surface area contributed by atoms with Crippen LogP contribution in [0, 0.1) is 0 Å². The Labute approximate surface area is 187 Å². The average Bonchev–Trinajstić information content (AvgIpc) is 3.36. The molecular formula is C21H26N4O6S. The van der Waals surface area contributed by atoms with Crippen molar-refractivity contribution in [1.82, 2.24) is 15.3 Å². The first-order valence-corrected chi connectivity index (χ1v) is 11.2. The number of hydrogen-bond acceptors (Lipinski definition) is 7. The molecule has 0 spiro atoms. The van der Waals surface area contributed by atoms with E-state index in [4.69, 9.17) is 10.8 Å². The highest BCUT2D eigenvalue weighted by Crippen LogP contribution is 2.40. The van der Waals surface area contributed by atoms with Crippen LogP contribution in [0.25, 0.3) is 0 Å². The molecule has 32 heavy (non-hydrogen) atoms. The molecule has 0 aliphatic heterocycles. The minimum Gasteiger partial charge on any atom is -0.481 e. The number of nitrogens with one attached hydrogen (secondary N) is 2. The number of H-pyrrole nitrogens is 1. The molecule has 3 atom stereocenters. The zero-order valence-corrected chi connectivity index (χ0v) is 18.4. The highest BCUT2D eigenvalue weighted by molar-refractivity contribution is 7.14. The molecule has 0 aromatic carbocycles. The molecule has 2 heterocycles. The first kappa shape index (κ1) is 23.5. The van der Waals surface area contributed by atoms with Crippen LogP contribution >= 0.6 is 11.3 Å². The lowest BCUT2D eigenvalue weighted by atomic mass is 9.88. The Bertz CT molecular complexity index is 1080. The summed E-state index contributed by atoms with van der Waals surface area (Å²) in [6.07, 6.45) is 2.51. The van der Waals surface area contributed by atoms with E-state index in [0.29, 0.717) is 16.9 Å². The van der Waals surface area contributed by atoms with Crippen LogP contribution in [0.3, 0.4) is 0 Å². The molecule has 2 aromatic rings. The van der Waals surface area contributed by atoms with Crippen LogP contribution in [0.5, 0.6) is 0 Å². The monoisotopic (exact) mass is 462 g/mol. The molecule has 6 N–H and O–H groups in total. The van der Waals surface area contributed by atoms with Crippen LogP contribution < -0.4 is 16.6 Å². The normalized spacial score (nSPS) is 16.8. The van der Waals surface area contributed by atoms with Crippen molar-refractivity contribution in [2.24, 2.45) is 0 Å². The highest BCUT2D eigenvalue weighted by atomic mass is 32.1. The number of hydrogen-bond donors (Lipinski definition) is 5. The number of aromatic nitrogens is 2. The van der Waals surface area contributed by atoms with E-state index in [0.717, 1.165) is 29.8 Å². The van der Waals surface area contributed by atoms with Crippen LogP contribution in [0.15, 0.2) is 16.9 Å². The second kappa shape index (κ2) is 9.94. The number of nitrogens with zero attached hydrogens (tertiary/aromatic N) is 1. The number of amides is 1. The van der Waals surface area contributed by atoms with Crippen molar-refractivity contribution in [2.45, 2.75) is 63.3 Å². The van der Waals surface area contributed by atoms with Crippen molar-refractivity contribution in [1.29, 1.82) is 0 Å². The third kappa shape index (κ3) is 5.34. The van der Waals surface area contributed by atoms with E-state index in [1.165, 1.54) is 11.3 Å². The summed E-state index contributed by atoms with van der Waals surface area (Å²) in [7, 11) is 0. The summed E-state index contributed by atoms with van der Waals surface area (Å²) in [6.45, 7) is 2.04. The van der Waals surface area contributed by atoms with Gasteiger partial charge < -0.3 is 21.3 Å². The number of aryl methyl sites for hydroxylation is 1. The van der Waals surface area contributed by atoms with E-state index >= 15 is 0 Å². The molecule has 0 radical (unpaired) electrons. The molecule has 0 bridgehead atoms. The molecule has 0 saturated heterocycles. The van der Waals surface area contributed by atoms with Crippen LogP contribution in [0.1, 0.15) is 76.7 Å². The summed E-state index contributed by atoms with van der Waals surface area (Å²) in [6, 6.07) is 2.22. The molecule has 3 rings (SSSR count). The number of rotatable bonds is 10. The van der Waals surface area contributed by atoms with Gasteiger partial charge in [-0.25, -0.2) is 9.78 Å². The lowest BCUT2D eigenvalue weighted by Crippen LogP contribution is -2.40. The van der Waals surface area contributed by atoms with Crippen molar-refractivity contribution in [3.05, 3.63) is 43.5 Å². The molecule has 1 amide bonds. The lowest BCUT2D eigenvalue weighted by molar-refractivity contribution is -0.140. The van der Waals surface area contributed by atoms with Crippen molar-refractivity contribution in [2.75, 3.05) is 5.73 Å². The van der Waals surface area contributed by atoms with Gasteiger partial charge in [0.25, 0.3) is 11.5 Å². The van der Waals surface area contributed by atoms with Crippen molar-refractivity contribution in [3.8, 4) is 0 Å². The standard InChI is InChI=1S/C21H26N4O6S/c1-2-10(9-11-3-4-12-17(11)19(29)25-21(22)24-12)14-6-7-15(32-14)18(28)23-13(20(30)31)5-8-16(26)27/h6-7,10-11,13H,2-5,8-9H2,1H3,(H,23,28)(H,26,27)(H,30,31)(H3,22,24,25,29)/t10?,11?,13-/m0/s1. The zero-order chi connectivity index (χ0) is 23.4. The van der Waals surface area contributed by atoms with Crippen LogP contribution in [-0.4, -0.2) is 44.1 Å². The van der Waals surface area contributed by atoms with E-state index in [9.17, 15) is 24.3 Å². The first-order chi connectivity index (χ1) is 15.2. The van der Waals surface area contributed by atoms with Gasteiger partial charge in [-0.1, -0.05) is 6.92 Å². The van der Waals surface area contributed by atoms with E-state index < -0.39 is 23.9 Å². The van der Waals surface area contributed by atoms with Crippen LogP contribution in [0.4, 0.5) is 5.95 Å². The zero-order valence-electron chi connectivity index (χ0n) is 17.6. The molecule has 10 nitrogen and oxygen atoms in total. The van der Waals surface area contributed by atoms with Gasteiger partial charge in [0.05, 0.1) is 10.6 Å². The Morgan fingerprint density at radius 2 is 2.09 bits per heavy atom. The van der Waals surface area contributed by atoms with Crippen LogP contribution in [0.2, 0.25) is 0 Å². The molecule has 2 unspecified atom stereocenters. The number of carboxylic acid groups (broad SMARTS) is 2. The number of carbonyl (C=O) groups is 3. The van der Waals surface area contributed by atoms with Crippen molar-refractivity contribution < 1.29 is 24.6 Å². The first-order valence-electron chi connectivity index (χ1n) is 10.4. The number of carboxylic acids is 2. The number of nitrogens with two attached hydrogens (primary N) is 1. The number of anilines is 1. The fourth-order valence-electron chi connectivity index (χ4n) is 4.13. The molecule has 0 saturated carbocycles. The van der Waals surface area contributed by atoms with Crippen molar-refractivity contribution >= 4 is 35.1 Å². The smallest absolute Gasteiger partial charge is 0.326 e. The summed E-state index contributed by atoms with van der Waals surface area (Å²) < 4.78 is 0. The summed E-state index contributed by atoms with van der Waals surface area (Å²) in [5.41, 5.74) is 6.89. The minimum absolute atomic E-state index is 0.0542. The van der Waals surface area contributed by atoms with E-state index in [-0.39, 0.29) is 36.2 Å². The Kier molecular flexibility index (Phi) is 7.29. The Balaban J connectivity index is 1.70. The number of aliphatic carboxylic acids is 2. The third-order valence-electron chi connectivity index (χ3n) is 5.76. The van der Waals surface area contributed by atoms with Gasteiger partial charge in [0.2, 0.25) is 5.95 Å².